The van der Waals surface area contributed by atoms with Gasteiger partial charge in [-0.2, -0.15) is 0 Å². The minimum absolute atomic E-state index is 0.267. The zero-order valence-corrected chi connectivity index (χ0v) is 13.7. The van der Waals surface area contributed by atoms with E-state index in [2.05, 4.69) is 15.6 Å². The van der Waals surface area contributed by atoms with Gasteiger partial charge < -0.3 is 20.1 Å². The van der Waals surface area contributed by atoms with E-state index in [1.54, 1.807) is 38.3 Å². The SMILES string of the molecule is COc1ccccc1Oc1ccc(NC(=O)C(C)NC(C)=O)cn1. The zero-order valence-electron chi connectivity index (χ0n) is 13.7. The maximum Gasteiger partial charge on any atom is 0.246 e. The van der Waals surface area contributed by atoms with Crippen LogP contribution >= 0.6 is 0 Å². The van der Waals surface area contributed by atoms with E-state index in [0.717, 1.165) is 0 Å². The highest BCUT2D eigenvalue weighted by molar-refractivity contribution is 5.96. The highest BCUT2D eigenvalue weighted by Gasteiger charge is 2.14. The van der Waals surface area contributed by atoms with E-state index in [1.165, 1.54) is 13.1 Å². The number of amides is 2. The van der Waals surface area contributed by atoms with Gasteiger partial charge in [-0.05, 0) is 25.1 Å². The van der Waals surface area contributed by atoms with E-state index in [1.807, 2.05) is 12.1 Å². The van der Waals surface area contributed by atoms with Crippen molar-refractivity contribution >= 4 is 17.5 Å². The second-order valence-corrected chi connectivity index (χ2v) is 5.05. The summed E-state index contributed by atoms with van der Waals surface area (Å²) in [5.41, 5.74) is 0.504. The summed E-state index contributed by atoms with van der Waals surface area (Å²) < 4.78 is 10.9. The van der Waals surface area contributed by atoms with Crippen molar-refractivity contribution in [3.63, 3.8) is 0 Å². The monoisotopic (exact) mass is 329 g/mol. The topological polar surface area (TPSA) is 89.5 Å². The molecule has 1 unspecified atom stereocenters. The average molecular weight is 329 g/mol. The van der Waals surface area contributed by atoms with Gasteiger partial charge in [-0.3, -0.25) is 9.59 Å². The van der Waals surface area contributed by atoms with E-state index in [9.17, 15) is 9.59 Å². The predicted molar refractivity (Wildman–Crippen MR) is 89.2 cm³/mol. The van der Waals surface area contributed by atoms with E-state index in [0.29, 0.717) is 23.1 Å². The van der Waals surface area contributed by atoms with Crippen LogP contribution in [0.4, 0.5) is 5.69 Å². The van der Waals surface area contributed by atoms with Crippen LogP contribution in [0.15, 0.2) is 42.6 Å². The third-order valence-corrected chi connectivity index (χ3v) is 3.10. The van der Waals surface area contributed by atoms with Gasteiger partial charge in [-0.1, -0.05) is 12.1 Å². The number of hydrogen-bond acceptors (Lipinski definition) is 5. The smallest absolute Gasteiger partial charge is 0.246 e. The number of para-hydroxylation sites is 2. The van der Waals surface area contributed by atoms with E-state index in [-0.39, 0.29) is 11.8 Å². The number of pyridine rings is 1. The molecule has 2 aromatic rings. The van der Waals surface area contributed by atoms with Gasteiger partial charge in [0.1, 0.15) is 6.04 Å². The lowest BCUT2D eigenvalue weighted by Crippen LogP contribution is -2.40. The van der Waals surface area contributed by atoms with Crippen LogP contribution in [0.3, 0.4) is 0 Å². The standard InChI is InChI=1S/C17H19N3O4/c1-11(19-12(2)21)17(22)20-13-8-9-16(18-10-13)24-15-7-5-4-6-14(15)23-3/h4-11H,1-3H3,(H,19,21)(H,20,22). The fourth-order valence-corrected chi connectivity index (χ4v) is 1.95. The van der Waals surface area contributed by atoms with Crippen molar-refractivity contribution < 1.29 is 19.1 Å². The van der Waals surface area contributed by atoms with Crippen LogP contribution in [0, 0.1) is 0 Å². The summed E-state index contributed by atoms with van der Waals surface area (Å²) in [5, 5.41) is 5.17. The first-order valence-electron chi connectivity index (χ1n) is 7.34. The molecule has 24 heavy (non-hydrogen) atoms. The molecule has 0 aliphatic heterocycles. The Morgan fingerprint density at radius 1 is 1.12 bits per heavy atom. The highest BCUT2D eigenvalue weighted by atomic mass is 16.5. The van der Waals surface area contributed by atoms with E-state index >= 15 is 0 Å². The lowest BCUT2D eigenvalue weighted by Gasteiger charge is -2.13. The summed E-state index contributed by atoms with van der Waals surface area (Å²) >= 11 is 0. The van der Waals surface area contributed by atoms with Gasteiger partial charge in [0.2, 0.25) is 17.7 Å². The number of carbonyl (C=O) groups is 2. The largest absolute Gasteiger partial charge is 0.493 e. The second-order valence-electron chi connectivity index (χ2n) is 5.05. The number of benzene rings is 1. The molecule has 0 fully saturated rings. The molecule has 0 saturated carbocycles. The van der Waals surface area contributed by atoms with Crippen molar-refractivity contribution in [2.45, 2.75) is 19.9 Å². The minimum atomic E-state index is -0.632. The first kappa shape index (κ1) is 17.3. The molecule has 126 valence electrons. The Balaban J connectivity index is 2.00. The number of anilines is 1. The number of nitrogens with one attached hydrogen (secondary N) is 2. The Bertz CT molecular complexity index is 716. The molecule has 0 bridgehead atoms. The van der Waals surface area contributed by atoms with Gasteiger partial charge in [0.05, 0.1) is 19.0 Å². The van der Waals surface area contributed by atoms with Crippen LogP contribution in [-0.2, 0) is 9.59 Å². The van der Waals surface area contributed by atoms with Gasteiger partial charge >= 0.3 is 0 Å². The maximum absolute atomic E-state index is 11.9. The number of rotatable bonds is 6. The van der Waals surface area contributed by atoms with Crippen LogP contribution < -0.4 is 20.1 Å². The van der Waals surface area contributed by atoms with Crippen molar-refractivity contribution in [1.82, 2.24) is 10.3 Å². The third-order valence-electron chi connectivity index (χ3n) is 3.10. The molecule has 1 atom stereocenters. The third kappa shape index (κ3) is 4.70. The van der Waals surface area contributed by atoms with Gasteiger partial charge in [0, 0.05) is 13.0 Å². The molecule has 1 aromatic heterocycles. The zero-order chi connectivity index (χ0) is 17.5. The molecule has 1 aromatic carbocycles. The first-order chi connectivity index (χ1) is 11.5. The highest BCUT2D eigenvalue weighted by Crippen LogP contribution is 2.30. The maximum atomic E-state index is 11.9. The average Bonchev–Trinajstić information content (AvgIpc) is 2.56. The molecule has 0 radical (unpaired) electrons. The molecule has 0 saturated heterocycles. The Hall–Kier alpha value is -3.09. The number of carbonyl (C=O) groups excluding carboxylic acids is 2. The summed E-state index contributed by atoms with van der Waals surface area (Å²) in [5.74, 6) is 0.915. The molecule has 2 rings (SSSR count). The lowest BCUT2D eigenvalue weighted by molar-refractivity contribution is -0.124. The summed E-state index contributed by atoms with van der Waals surface area (Å²) in [6.07, 6.45) is 1.48. The fraction of sp³-hybridized carbons (Fsp3) is 0.235. The molecule has 0 aliphatic rings. The molecule has 7 nitrogen and oxygen atoms in total. The predicted octanol–water partition coefficient (Wildman–Crippen LogP) is 2.35. The number of aromatic nitrogens is 1. The molecular weight excluding hydrogens is 310 g/mol. The van der Waals surface area contributed by atoms with Crippen LogP contribution in [0.25, 0.3) is 0 Å². The van der Waals surface area contributed by atoms with Crippen molar-refractivity contribution in [2.24, 2.45) is 0 Å². The molecular formula is C17H19N3O4. The van der Waals surface area contributed by atoms with Gasteiger partial charge in [-0.15, -0.1) is 0 Å². The Morgan fingerprint density at radius 3 is 2.42 bits per heavy atom. The summed E-state index contributed by atoms with van der Waals surface area (Å²) in [6.45, 7) is 2.96. The molecule has 0 spiro atoms. The van der Waals surface area contributed by atoms with Crippen LogP contribution in [0.5, 0.6) is 17.4 Å². The van der Waals surface area contributed by atoms with Crippen LogP contribution in [-0.4, -0.2) is 29.9 Å². The minimum Gasteiger partial charge on any atom is -0.493 e. The normalized spacial score (nSPS) is 11.3. The van der Waals surface area contributed by atoms with Crippen molar-refractivity contribution in [2.75, 3.05) is 12.4 Å². The molecule has 0 aliphatic carbocycles. The quantitative estimate of drug-likeness (QED) is 0.849. The lowest BCUT2D eigenvalue weighted by atomic mass is 10.3. The van der Waals surface area contributed by atoms with Gasteiger partial charge in [0.15, 0.2) is 11.5 Å². The molecule has 2 N–H and O–H groups in total. The van der Waals surface area contributed by atoms with Crippen molar-refractivity contribution in [3.05, 3.63) is 42.6 Å². The Kier molecular flexibility index (Phi) is 5.73. The number of nitrogens with zero attached hydrogens (tertiary/aromatic N) is 1. The van der Waals surface area contributed by atoms with Crippen LogP contribution in [0.2, 0.25) is 0 Å². The van der Waals surface area contributed by atoms with Gasteiger partial charge in [0.25, 0.3) is 0 Å². The van der Waals surface area contributed by atoms with Crippen molar-refractivity contribution in [1.29, 1.82) is 0 Å². The fourth-order valence-electron chi connectivity index (χ4n) is 1.95. The van der Waals surface area contributed by atoms with E-state index in [4.69, 9.17) is 9.47 Å². The summed E-state index contributed by atoms with van der Waals surface area (Å²) in [6, 6.07) is 9.89. The van der Waals surface area contributed by atoms with Crippen LogP contribution in [0.1, 0.15) is 13.8 Å². The Morgan fingerprint density at radius 2 is 1.83 bits per heavy atom. The molecule has 1 heterocycles. The van der Waals surface area contributed by atoms with Gasteiger partial charge in [-0.25, -0.2) is 4.98 Å². The van der Waals surface area contributed by atoms with E-state index < -0.39 is 6.04 Å². The number of ether oxygens (including phenoxy) is 2. The summed E-state index contributed by atoms with van der Waals surface area (Å²) in [4.78, 5) is 27.0. The Labute approximate surface area is 140 Å². The molecule has 2 amide bonds. The summed E-state index contributed by atoms with van der Waals surface area (Å²) in [7, 11) is 1.56. The first-order valence-corrected chi connectivity index (χ1v) is 7.34. The number of methoxy groups -OCH3 is 1. The molecule has 7 heteroatoms. The second kappa shape index (κ2) is 7.96. The number of hydrogen-bond donors (Lipinski definition) is 2. The van der Waals surface area contributed by atoms with Crippen molar-refractivity contribution in [3.8, 4) is 17.4 Å².